The molecule has 0 aliphatic heterocycles. The van der Waals surface area contributed by atoms with Gasteiger partial charge in [0.05, 0.1) is 6.78 Å². The molecule has 0 N–H and O–H groups in total. The van der Waals surface area contributed by atoms with Gasteiger partial charge in [0.25, 0.3) is 0 Å². The van der Waals surface area contributed by atoms with Gasteiger partial charge >= 0.3 is 0 Å². The standard InChI is InChI=1S/2C8H6Br2/c2*9-8(10)6-7-4-2-1-3-5-7/h2*1-6H. The molecule has 0 aliphatic rings. The molecule has 2 rings (SSSR count). The van der Waals surface area contributed by atoms with E-state index < -0.39 is 0 Å². The lowest BCUT2D eigenvalue weighted by Gasteiger charge is -1.89. The second-order valence-corrected chi connectivity index (χ2v) is 9.23. The summed E-state index contributed by atoms with van der Waals surface area (Å²) >= 11 is 13.2. The van der Waals surface area contributed by atoms with Gasteiger partial charge in [-0.1, -0.05) is 60.7 Å². The topological polar surface area (TPSA) is 0 Å². The van der Waals surface area contributed by atoms with Crippen molar-refractivity contribution in [2.24, 2.45) is 0 Å². The second-order valence-electron chi connectivity index (χ2n) is 3.69. The Morgan fingerprint density at radius 1 is 0.550 bits per heavy atom. The molecule has 0 nitrogen and oxygen atoms in total. The first-order chi connectivity index (χ1) is 9.58. The van der Waals surface area contributed by atoms with E-state index in [1.807, 2.05) is 72.8 Å². The third-order valence-electron chi connectivity index (χ3n) is 2.15. The average molecular weight is 524 g/mol. The molecule has 0 saturated heterocycles. The second kappa shape index (κ2) is 10.6. The number of hydrogen-bond donors (Lipinski definition) is 0. The molecule has 0 atom stereocenters. The molecule has 2 aromatic carbocycles. The summed E-state index contributed by atoms with van der Waals surface area (Å²) in [6.45, 7) is 0. The Labute approximate surface area is 153 Å². The lowest BCUT2D eigenvalue weighted by molar-refractivity contribution is 1.66. The van der Waals surface area contributed by atoms with Crippen LogP contribution in [0.3, 0.4) is 0 Å². The van der Waals surface area contributed by atoms with Crippen LogP contribution in [0.15, 0.2) is 67.4 Å². The summed E-state index contributed by atoms with van der Waals surface area (Å²) in [4.78, 5) is 0. The van der Waals surface area contributed by atoms with Crippen LogP contribution < -0.4 is 0 Å². The molecule has 2 aromatic rings. The monoisotopic (exact) mass is 520 g/mol. The summed E-state index contributed by atoms with van der Waals surface area (Å²) in [6, 6.07) is 20.2. The maximum absolute atomic E-state index is 3.29. The van der Waals surface area contributed by atoms with Crippen LogP contribution >= 0.6 is 63.7 Å². The molecule has 20 heavy (non-hydrogen) atoms. The van der Waals surface area contributed by atoms with Crippen LogP contribution in [0, 0.1) is 0 Å². The highest BCUT2D eigenvalue weighted by Crippen LogP contribution is 2.18. The third-order valence-corrected chi connectivity index (χ3v) is 3.07. The Morgan fingerprint density at radius 3 is 1.10 bits per heavy atom. The molecule has 4 heteroatoms. The molecular weight excluding hydrogens is 512 g/mol. The smallest absolute Gasteiger partial charge is 0.0610 e. The van der Waals surface area contributed by atoms with Gasteiger partial charge in [-0.05, 0) is 87.0 Å². The Bertz CT molecular complexity index is 498. The zero-order chi connectivity index (χ0) is 14.8. The van der Waals surface area contributed by atoms with Crippen molar-refractivity contribution in [1.82, 2.24) is 0 Å². The number of rotatable bonds is 2. The molecule has 0 aromatic heterocycles. The van der Waals surface area contributed by atoms with Crippen LogP contribution in [0.2, 0.25) is 0 Å². The van der Waals surface area contributed by atoms with Crippen molar-refractivity contribution < 1.29 is 0 Å². The van der Waals surface area contributed by atoms with Crippen molar-refractivity contribution in [2.45, 2.75) is 0 Å². The van der Waals surface area contributed by atoms with E-state index >= 15 is 0 Å². The van der Waals surface area contributed by atoms with Gasteiger partial charge in [-0.3, -0.25) is 0 Å². The van der Waals surface area contributed by atoms with Crippen molar-refractivity contribution in [3.05, 3.63) is 78.6 Å². The van der Waals surface area contributed by atoms with E-state index in [4.69, 9.17) is 0 Å². The van der Waals surface area contributed by atoms with Gasteiger partial charge in [-0.25, -0.2) is 0 Å². The normalized spacial score (nSPS) is 9.00. The molecular formula is C16H12Br4. The quantitative estimate of drug-likeness (QED) is 0.381. The Morgan fingerprint density at radius 2 is 0.850 bits per heavy atom. The highest BCUT2D eigenvalue weighted by Gasteiger charge is 1.85. The van der Waals surface area contributed by atoms with E-state index in [0.717, 1.165) is 6.78 Å². The van der Waals surface area contributed by atoms with E-state index in [1.54, 1.807) is 0 Å². The number of hydrogen-bond acceptors (Lipinski definition) is 0. The van der Waals surface area contributed by atoms with E-state index in [1.165, 1.54) is 11.1 Å². The minimum absolute atomic E-state index is 0.964. The molecule has 0 spiro atoms. The minimum Gasteiger partial charge on any atom is -0.0622 e. The molecule has 104 valence electrons. The molecule has 0 aliphatic carbocycles. The van der Waals surface area contributed by atoms with Crippen molar-refractivity contribution in [2.75, 3.05) is 0 Å². The highest BCUT2D eigenvalue weighted by atomic mass is 79.9. The van der Waals surface area contributed by atoms with Gasteiger partial charge in [0.15, 0.2) is 0 Å². The van der Waals surface area contributed by atoms with Gasteiger partial charge in [-0.2, -0.15) is 0 Å². The summed E-state index contributed by atoms with van der Waals surface area (Å²) in [6.07, 6.45) is 4.00. The summed E-state index contributed by atoms with van der Waals surface area (Å²) in [5, 5.41) is 0. The van der Waals surface area contributed by atoms with Crippen molar-refractivity contribution in [3.63, 3.8) is 0 Å². The van der Waals surface area contributed by atoms with Crippen molar-refractivity contribution >= 4 is 75.9 Å². The van der Waals surface area contributed by atoms with E-state index in [0.29, 0.717) is 0 Å². The van der Waals surface area contributed by atoms with Crippen molar-refractivity contribution in [1.29, 1.82) is 0 Å². The molecule has 0 amide bonds. The number of halogens is 4. The van der Waals surface area contributed by atoms with Crippen LogP contribution in [0.5, 0.6) is 0 Å². The van der Waals surface area contributed by atoms with Gasteiger partial charge < -0.3 is 0 Å². The lowest BCUT2D eigenvalue weighted by Crippen LogP contribution is -1.66. The Hall–Kier alpha value is -0.160. The third kappa shape index (κ3) is 8.90. The Balaban J connectivity index is 0.000000200. The first-order valence-electron chi connectivity index (χ1n) is 5.73. The molecule has 0 fully saturated rings. The van der Waals surface area contributed by atoms with Crippen LogP contribution in [-0.2, 0) is 0 Å². The summed E-state index contributed by atoms with van der Waals surface area (Å²) in [5.74, 6) is 0. The predicted molar refractivity (Wildman–Crippen MR) is 105 cm³/mol. The van der Waals surface area contributed by atoms with Crippen LogP contribution in [0.1, 0.15) is 11.1 Å². The lowest BCUT2D eigenvalue weighted by atomic mass is 10.2. The summed E-state index contributed by atoms with van der Waals surface area (Å²) < 4.78 is 1.93. The van der Waals surface area contributed by atoms with E-state index in [9.17, 15) is 0 Å². The molecule has 0 unspecified atom stereocenters. The number of benzene rings is 2. The fourth-order valence-electron chi connectivity index (χ4n) is 1.35. The van der Waals surface area contributed by atoms with Crippen LogP contribution in [-0.4, -0.2) is 0 Å². The van der Waals surface area contributed by atoms with Gasteiger partial charge in [0, 0.05) is 0 Å². The molecule has 0 bridgehead atoms. The van der Waals surface area contributed by atoms with E-state index in [2.05, 4.69) is 63.7 Å². The van der Waals surface area contributed by atoms with E-state index in [-0.39, 0.29) is 0 Å². The van der Waals surface area contributed by atoms with Crippen LogP contribution in [0.25, 0.3) is 12.2 Å². The molecule has 0 radical (unpaired) electrons. The van der Waals surface area contributed by atoms with Gasteiger partial charge in [0.2, 0.25) is 0 Å². The molecule has 0 heterocycles. The minimum atomic E-state index is 0.964. The summed E-state index contributed by atoms with van der Waals surface area (Å²) in [5.41, 5.74) is 2.37. The zero-order valence-corrected chi connectivity index (χ0v) is 16.8. The fraction of sp³-hybridized carbons (Fsp3) is 0. The van der Waals surface area contributed by atoms with Crippen molar-refractivity contribution in [3.8, 4) is 0 Å². The SMILES string of the molecule is BrC(Br)=Cc1ccccc1.BrC(Br)=Cc1ccccc1. The first-order valence-corrected chi connectivity index (χ1v) is 8.90. The highest BCUT2D eigenvalue weighted by molar-refractivity contribution is 9.28. The average Bonchev–Trinajstić information content (AvgIpc) is 2.40. The largest absolute Gasteiger partial charge is 0.0622 e. The fourth-order valence-corrected chi connectivity index (χ4v) is 2.41. The summed E-state index contributed by atoms with van der Waals surface area (Å²) in [7, 11) is 0. The predicted octanol–water partition coefficient (Wildman–Crippen LogP) is 7.55. The van der Waals surface area contributed by atoms with Gasteiger partial charge in [0.1, 0.15) is 0 Å². The Kier molecular flexibility index (Phi) is 9.44. The van der Waals surface area contributed by atoms with Crippen LogP contribution in [0.4, 0.5) is 0 Å². The first kappa shape index (κ1) is 17.9. The molecule has 0 saturated carbocycles. The maximum Gasteiger partial charge on any atom is 0.0610 e. The zero-order valence-electron chi connectivity index (χ0n) is 10.4. The van der Waals surface area contributed by atoms with Gasteiger partial charge in [-0.15, -0.1) is 0 Å². The maximum atomic E-state index is 3.29.